The van der Waals surface area contributed by atoms with Gasteiger partial charge in [-0.3, -0.25) is 0 Å². The molecule has 0 heteroatoms. The number of rotatable bonds is 6. The minimum atomic E-state index is 0.852. The van der Waals surface area contributed by atoms with Crippen LogP contribution in [0.2, 0.25) is 0 Å². The van der Waals surface area contributed by atoms with Crippen molar-refractivity contribution >= 4 is 0 Å². The smallest absolute Gasteiger partial charge is 0.0318 e. The van der Waals surface area contributed by atoms with E-state index in [0.29, 0.717) is 0 Å². The van der Waals surface area contributed by atoms with Gasteiger partial charge in [-0.25, -0.2) is 0 Å². The topological polar surface area (TPSA) is 0 Å². The summed E-state index contributed by atoms with van der Waals surface area (Å²) in [7, 11) is 0. The summed E-state index contributed by atoms with van der Waals surface area (Å²) in [4.78, 5) is 0. The summed E-state index contributed by atoms with van der Waals surface area (Å²) < 4.78 is 0. The summed E-state index contributed by atoms with van der Waals surface area (Å²) in [5.74, 6) is 1.74. The molecule has 0 nitrogen and oxygen atoms in total. The third kappa shape index (κ3) is 6.86. The van der Waals surface area contributed by atoms with Crippen molar-refractivity contribution in [2.75, 3.05) is 0 Å². The molecular formula is C13H26. The molecule has 0 N–H and O–H groups in total. The Labute approximate surface area is 84.4 Å². The molecule has 0 heterocycles. The number of hydrogen-bond acceptors (Lipinski definition) is 0. The van der Waals surface area contributed by atoms with Crippen molar-refractivity contribution in [3.05, 3.63) is 11.6 Å². The minimum Gasteiger partial charge on any atom is -0.0885 e. The van der Waals surface area contributed by atoms with Gasteiger partial charge in [0, 0.05) is 0 Å². The van der Waals surface area contributed by atoms with Crippen molar-refractivity contribution in [1.82, 2.24) is 0 Å². The third-order valence-electron chi connectivity index (χ3n) is 2.69. The third-order valence-corrected chi connectivity index (χ3v) is 2.69. The predicted molar refractivity (Wildman–Crippen MR) is 61.9 cm³/mol. The lowest BCUT2D eigenvalue weighted by atomic mass is 9.92. The van der Waals surface area contributed by atoms with Crippen LogP contribution in [0.3, 0.4) is 0 Å². The summed E-state index contributed by atoms with van der Waals surface area (Å²) in [6.45, 7) is 11.4. The van der Waals surface area contributed by atoms with Gasteiger partial charge in [0.05, 0.1) is 0 Å². The predicted octanol–water partition coefficient (Wildman–Crippen LogP) is 4.81. The van der Waals surface area contributed by atoms with E-state index < -0.39 is 0 Å². The van der Waals surface area contributed by atoms with E-state index in [0.717, 1.165) is 11.8 Å². The maximum atomic E-state index is 2.38. The minimum absolute atomic E-state index is 0.852. The van der Waals surface area contributed by atoms with Crippen molar-refractivity contribution in [2.24, 2.45) is 11.8 Å². The first-order valence-electron chi connectivity index (χ1n) is 5.74. The van der Waals surface area contributed by atoms with Crippen LogP contribution < -0.4 is 0 Å². The van der Waals surface area contributed by atoms with E-state index in [1.807, 2.05) is 0 Å². The van der Waals surface area contributed by atoms with Crippen LogP contribution in [0.1, 0.15) is 60.3 Å². The van der Waals surface area contributed by atoms with Crippen LogP contribution in [0.15, 0.2) is 11.6 Å². The Hall–Kier alpha value is -0.260. The van der Waals surface area contributed by atoms with Crippen LogP contribution in [0.25, 0.3) is 0 Å². The first kappa shape index (κ1) is 12.7. The lowest BCUT2D eigenvalue weighted by Crippen LogP contribution is -2.00. The summed E-state index contributed by atoms with van der Waals surface area (Å²) in [5, 5.41) is 0. The van der Waals surface area contributed by atoms with E-state index in [9.17, 15) is 0 Å². The van der Waals surface area contributed by atoms with E-state index in [1.165, 1.54) is 25.7 Å². The van der Waals surface area contributed by atoms with Gasteiger partial charge in [0.1, 0.15) is 0 Å². The monoisotopic (exact) mass is 182 g/mol. The van der Waals surface area contributed by atoms with Gasteiger partial charge in [0.2, 0.25) is 0 Å². The zero-order valence-corrected chi connectivity index (χ0v) is 10.1. The molecule has 0 aliphatic carbocycles. The molecule has 0 amide bonds. The summed E-state index contributed by atoms with van der Waals surface area (Å²) in [5.41, 5.74) is 1.62. The highest BCUT2D eigenvalue weighted by atomic mass is 14.1. The first-order valence-corrected chi connectivity index (χ1v) is 5.74. The van der Waals surface area contributed by atoms with Gasteiger partial charge >= 0.3 is 0 Å². The second-order valence-corrected chi connectivity index (χ2v) is 4.57. The standard InChI is InChI=1S/C13H26/c1-6-13(7-2)9-8-12(5)10-11(3)4/h6,11-12H,7-10H2,1-5H3. The van der Waals surface area contributed by atoms with Gasteiger partial charge in [0.25, 0.3) is 0 Å². The first-order chi connectivity index (χ1) is 6.10. The highest BCUT2D eigenvalue weighted by Gasteiger charge is 2.05. The van der Waals surface area contributed by atoms with E-state index in [4.69, 9.17) is 0 Å². The van der Waals surface area contributed by atoms with Crippen LogP contribution >= 0.6 is 0 Å². The molecule has 0 aromatic heterocycles. The van der Waals surface area contributed by atoms with Crippen molar-refractivity contribution in [3.8, 4) is 0 Å². The molecule has 78 valence electrons. The zero-order chi connectivity index (χ0) is 10.3. The van der Waals surface area contributed by atoms with E-state index in [1.54, 1.807) is 5.57 Å². The van der Waals surface area contributed by atoms with Crippen molar-refractivity contribution in [1.29, 1.82) is 0 Å². The fraction of sp³-hybridized carbons (Fsp3) is 0.846. The molecular weight excluding hydrogens is 156 g/mol. The molecule has 0 aromatic carbocycles. The van der Waals surface area contributed by atoms with Crippen LogP contribution in [0, 0.1) is 11.8 Å². The van der Waals surface area contributed by atoms with E-state index in [-0.39, 0.29) is 0 Å². The average Bonchev–Trinajstić information content (AvgIpc) is 2.05. The van der Waals surface area contributed by atoms with Gasteiger partial charge in [-0.05, 0) is 44.4 Å². The Morgan fingerprint density at radius 1 is 1.23 bits per heavy atom. The molecule has 0 fully saturated rings. The van der Waals surface area contributed by atoms with Crippen LogP contribution in [-0.4, -0.2) is 0 Å². The molecule has 0 radical (unpaired) electrons. The molecule has 0 spiro atoms. The molecule has 0 saturated carbocycles. The van der Waals surface area contributed by atoms with Crippen molar-refractivity contribution in [2.45, 2.75) is 60.3 Å². The van der Waals surface area contributed by atoms with Gasteiger partial charge in [-0.15, -0.1) is 0 Å². The van der Waals surface area contributed by atoms with Gasteiger partial charge in [-0.2, -0.15) is 0 Å². The Kier molecular flexibility index (Phi) is 7.03. The molecule has 0 rings (SSSR count). The highest BCUT2D eigenvalue weighted by Crippen LogP contribution is 2.20. The lowest BCUT2D eigenvalue weighted by molar-refractivity contribution is 0.414. The van der Waals surface area contributed by atoms with Crippen LogP contribution in [0.4, 0.5) is 0 Å². The lowest BCUT2D eigenvalue weighted by Gasteiger charge is -2.14. The van der Waals surface area contributed by atoms with Crippen molar-refractivity contribution in [3.63, 3.8) is 0 Å². The highest BCUT2D eigenvalue weighted by molar-refractivity contribution is 4.98. The van der Waals surface area contributed by atoms with Crippen LogP contribution in [-0.2, 0) is 0 Å². The number of allylic oxidation sites excluding steroid dienone is 2. The molecule has 0 bridgehead atoms. The quantitative estimate of drug-likeness (QED) is 0.517. The van der Waals surface area contributed by atoms with Gasteiger partial charge in [-0.1, -0.05) is 39.3 Å². The molecule has 13 heavy (non-hydrogen) atoms. The maximum Gasteiger partial charge on any atom is -0.0318 e. The van der Waals surface area contributed by atoms with Gasteiger partial charge < -0.3 is 0 Å². The summed E-state index contributed by atoms with van der Waals surface area (Å²) >= 11 is 0. The Morgan fingerprint density at radius 2 is 1.85 bits per heavy atom. The van der Waals surface area contributed by atoms with E-state index in [2.05, 4.69) is 40.7 Å². The second-order valence-electron chi connectivity index (χ2n) is 4.57. The SMILES string of the molecule is CC=C(CC)CCC(C)CC(C)C. The fourth-order valence-electron chi connectivity index (χ4n) is 1.88. The second kappa shape index (κ2) is 7.17. The maximum absolute atomic E-state index is 2.38. The van der Waals surface area contributed by atoms with Gasteiger partial charge in [0.15, 0.2) is 0 Å². The summed E-state index contributed by atoms with van der Waals surface area (Å²) in [6.07, 6.45) is 7.56. The average molecular weight is 182 g/mol. The van der Waals surface area contributed by atoms with Crippen molar-refractivity contribution < 1.29 is 0 Å². The zero-order valence-electron chi connectivity index (χ0n) is 10.1. The van der Waals surface area contributed by atoms with Crippen LogP contribution in [0.5, 0.6) is 0 Å². The molecule has 1 atom stereocenters. The normalized spacial score (nSPS) is 15.1. The molecule has 0 saturated heterocycles. The Bertz CT molecular complexity index is 142. The Balaban J connectivity index is 3.62. The molecule has 0 aromatic rings. The molecule has 0 aliphatic heterocycles. The summed E-state index contributed by atoms with van der Waals surface area (Å²) in [6, 6.07) is 0. The Morgan fingerprint density at radius 3 is 2.23 bits per heavy atom. The van der Waals surface area contributed by atoms with E-state index >= 15 is 0 Å². The largest absolute Gasteiger partial charge is 0.0885 e. The fourth-order valence-corrected chi connectivity index (χ4v) is 1.88. The molecule has 1 unspecified atom stereocenters. The molecule has 0 aliphatic rings. The number of hydrogen-bond donors (Lipinski definition) is 0.